The zero-order chi connectivity index (χ0) is 10.4. The minimum absolute atomic E-state index is 0.0850. The average molecular weight is 200 g/mol. The van der Waals surface area contributed by atoms with Gasteiger partial charge in [0.15, 0.2) is 0 Å². The van der Waals surface area contributed by atoms with E-state index in [1.54, 1.807) is 0 Å². The van der Waals surface area contributed by atoms with Gasteiger partial charge in [0.25, 0.3) is 0 Å². The van der Waals surface area contributed by atoms with Gasteiger partial charge in [0.1, 0.15) is 0 Å². The van der Waals surface area contributed by atoms with Crippen molar-refractivity contribution in [3.63, 3.8) is 0 Å². The Hall–Kier alpha value is -0.610. The van der Waals surface area contributed by atoms with Gasteiger partial charge in [-0.2, -0.15) is 0 Å². The first-order valence-corrected chi connectivity index (χ1v) is 5.34. The summed E-state index contributed by atoms with van der Waals surface area (Å²) in [6.07, 6.45) is 0.512. The van der Waals surface area contributed by atoms with Crippen LogP contribution in [0.1, 0.15) is 20.3 Å². The molecule has 0 aromatic rings. The molecule has 0 aromatic carbocycles. The van der Waals surface area contributed by atoms with Crippen molar-refractivity contribution in [3.05, 3.63) is 0 Å². The van der Waals surface area contributed by atoms with Gasteiger partial charge in [0, 0.05) is 32.2 Å². The van der Waals surface area contributed by atoms with Gasteiger partial charge in [-0.25, -0.2) is 0 Å². The summed E-state index contributed by atoms with van der Waals surface area (Å²) in [5, 5.41) is 3.32. The van der Waals surface area contributed by atoms with Gasteiger partial charge in [-0.15, -0.1) is 0 Å². The Morgan fingerprint density at radius 1 is 1.64 bits per heavy atom. The Kier molecular flexibility index (Phi) is 4.90. The molecule has 1 unspecified atom stereocenters. The molecule has 1 fully saturated rings. The van der Waals surface area contributed by atoms with Crippen LogP contribution >= 0.6 is 0 Å². The van der Waals surface area contributed by atoms with Crippen LogP contribution in [0.25, 0.3) is 0 Å². The summed E-state index contributed by atoms with van der Waals surface area (Å²) in [4.78, 5) is 13.5. The third-order valence-corrected chi connectivity index (χ3v) is 2.55. The summed E-state index contributed by atoms with van der Waals surface area (Å²) < 4.78 is 4.89. The molecule has 0 amide bonds. The summed E-state index contributed by atoms with van der Waals surface area (Å²) in [5.74, 6) is -0.0850. The van der Waals surface area contributed by atoms with Gasteiger partial charge in [0.2, 0.25) is 0 Å². The minimum atomic E-state index is -0.0850. The highest BCUT2D eigenvalue weighted by molar-refractivity contribution is 5.69. The lowest BCUT2D eigenvalue weighted by Crippen LogP contribution is -2.50. The maximum absolute atomic E-state index is 11.1. The van der Waals surface area contributed by atoms with E-state index in [9.17, 15) is 4.79 Å². The predicted molar refractivity (Wildman–Crippen MR) is 55.2 cm³/mol. The smallest absolute Gasteiger partial charge is 0.307 e. The second-order valence-corrected chi connectivity index (χ2v) is 3.64. The highest BCUT2D eigenvalue weighted by Crippen LogP contribution is 2.03. The van der Waals surface area contributed by atoms with Crippen molar-refractivity contribution in [2.24, 2.45) is 0 Å². The SMILES string of the molecule is CCOC(=O)CCN1CCNCC1C. The van der Waals surface area contributed by atoms with Crippen molar-refractivity contribution in [1.82, 2.24) is 10.2 Å². The second-order valence-electron chi connectivity index (χ2n) is 3.64. The number of piperazine rings is 1. The Morgan fingerprint density at radius 3 is 3.07 bits per heavy atom. The number of hydrogen-bond donors (Lipinski definition) is 1. The largest absolute Gasteiger partial charge is 0.466 e. The van der Waals surface area contributed by atoms with Gasteiger partial charge in [0.05, 0.1) is 13.0 Å². The van der Waals surface area contributed by atoms with E-state index in [-0.39, 0.29) is 5.97 Å². The van der Waals surface area contributed by atoms with E-state index in [4.69, 9.17) is 4.74 Å². The molecule has 82 valence electrons. The molecule has 1 atom stereocenters. The molecular formula is C10H20N2O2. The molecule has 0 aromatic heterocycles. The zero-order valence-corrected chi connectivity index (χ0v) is 9.08. The molecule has 0 bridgehead atoms. The molecule has 0 radical (unpaired) electrons. The lowest BCUT2D eigenvalue weighted by molar-refractivity contribution is -0.143. The number of rotatable bonds is 4. The monoisotopic (exact) mass is 200 g/mol. The first-order chi connectivity index (χ1) is 6.74. The number of nitrogens with one attached hydrogen (secondary N) is 1. The minimum Gasteiger partial charge on any atom is -0.466 e. The Balaban J connectivity index is 2.19. The molecule has 1 aliphatic heterocycles. The Morgan fingerprint density at radius 2 is 2.43 bits per heavy atom. The molecule has 1 rings (SSSR count). The van der Waals surface area contributed by atoms with Crippen molar-refractivity contribution in [3.8, 4) is 0 Å². The van der Waals surface area contributed by atoms with Crippen LogP contribution < -0.4 is 5.32 Å². The number of esters is 1. The number of carbonyl (C=O) groups excluding carboxylic acids is 1. The molecule has 1 heterocycles. The molecular weight excluding hydrogens is 180 g/mol. The fraction of sp³-hybridized carbons (Fsp3) is 0.900. The molecule has 14 heavy (non-hydrogen) atoms. The van der Waals surface area contributed by atoms with Crippen molar-refractivity contribution in [1.29, 1.82) is 0 Å². The Bertz CT molecular complexity index is 185. The molecule has 0 saturated carbocycles. The number of carbonyl (C=O) groups is 1. The molecule has 1 N–H and O–H groups in total. The van der Waals surface area contributed by atoms with Crippen molar-refractivity contribution in [2.45, 2.75) is 26.3 Å². The lowest BCUT2D eigenvalue weighted by Gasteiger charge is -2.33. The van der Waals surface area contributed by atoms with Crippen LogP contribution in [0.15, 0.2) is 0 Å². The van der Waals surface area contributed by atoms with E-state index < -0.39 is 0 Å². The molecule has 4 heteroatoms. The summed E-state index contributed by atoms with van der Waals surface area (Å²) in [7, 11) is 0. The maximum Gasteiger partial charge on any atom is 0.307 e. The number of nitrogens with zero attached hydrogens (tertiary/aromatic N) is 1. The Labute approximate surface area is 85.6 Å². The number of ether oxygens (including phenoxy) is 1. The normalized spacial score (nSPS) is 23.4. The topological polar surface area (TPSA) is 41.6 Å². The van der Waals surface area contributed by atoms with Crippen LogP contribution in [0.5, 0.6) is 0 Å². The van der Waals surface area contributed by atoms with Crippen LogP contribution in [0, 0.1) is 0 Å². The second kappa shape index (κ2) is 5.98. The van der Waals surface area contributed by atoms with Gasteiger partial charge in [-0.05, 0) is 13.8 Å². The van der Waals surface area contributed by atoms with E-state index in [1.165, 1.54) is 0 Å². The summed E-state index contributed by atoms with van der Waals surface area (Å²) in [6, 6.07) is 0.526. The maximum atomic E-state index is 11.1. The summed E-state index contributed by atoms with van der Waals surface area (Å²) in [6.45, 7) is 8.39. The third-order valence-electron chi connectivity index (χ3n) is 2.55. The average Bonchev–Trinajstić information content (AvgIpc) is 2.17. The van der Waals surface area contributed by atoms with Crippen LogP contribution in [-0.2, 0) is 9.53 Å². The van der Waals surface area contributed by atoms with Crippen LogP contribution in [0.3, 0.4) is 0 Å². The third kappa shape index (κ3) is 3.64. The standard InChI is InChI=1S/C10H20N2O2/c1-3-14-10(13)4-6-12-7-5-11-8-9(12)2/h9,11H,3-8H2,1-2H3. The van der Waals surface area contributed by atoms with E-state index in [0.717, 1.165) is 26.2 Å². The fourth-order valence-electron chi connectivity index (χ4n) is 1.68. The fourth-order valence-corrected chi connectivity index (χ4v) is 1.68. The first kappa shape index (κ1) is 11.5. The molecule has 0 aliphatic carbocycles. The lowest BCUT2D eigenvalue weighted by atomic mass is 10.2. The van der Waals surface area contributed by atoms with Crippen molar-refractivity contribution in [2.75, 3.05) is 32.8 Å². The van der Waals surface area contributed by atoms with Gasteiger partial charge in [-0.1, -0.05) is 0 Å². The zero-order valence-electron chi connectivity index (χ0n) is 9.08. The van der Waals surface area contributed by atoms with Crippen LogP contribution in [0.2, 0.25) is 0 Å². The van der Waals surface area contributed by atoms with E-state index in [2.05, 4.69) is 17.1 Å². The van der Waals surface area contributed by atoms with E-state index >= 15 is 0 Å². The van der Waals surface area contributed by atoms with E-state index in [0.29, 0.717) is 19.1 Å². The summed E-state index contributed by atoms with van der Waals surface area (Å²) >= 11 is 0. The highest BCUT2D eigenvalue weighted by atomic mass is 16.5. The van der Waals surface area contributed by atoms with E-state index in [1.807, 2.05) is 6.92 Å². The quantitative estimate of drug-likeness (QED) is 0.660. The van der Waals surface area contributed by atoms with Gasteiger partial charge >= 0.3 is 5.97 Å². The van der Waals surface area contributed by atoms with Crippen LogP contribution in [-0.4, -0.2) is 49.7 Å². The van der Waals surface area contributed by atoms with Gasteiger partial charge < -0.3 is 10.1 Å². The van der Waals surface area contributed by atoms with Crippen molar-refractivity contribution < 1.29 is 9.53 Å². The van der Waals surface area contributed by atoms with Crippen LogP contribution in [0.4, 0.5) is 0 Å². The molecule has 4 nitrogen and oxygen atoms in total. The van der Waals surface area contributed by atoms with Crippen molar-refractivity contribution >= 4 is 5.97 Å². The summed E-state index contributed by atoms with van der Waals surface area (Å²) in [5.41, 5.74) is 0. The highest BCUT2D eigenvalue weighted by Gasteiger charge is 2.18. The molecule has 1 saturated heterocycles. The molecule has 0 spiro atoms. The predicted octanol–water partition coefficient (Wildman–Crippen LogP) is 0.233. The first-order valence-electron chi connectivity index (χ1n) is 5.34. The number of hydrogen-bond acceptors (Lipinski definition) is 4. The molecule has 1 aliphatic rings. The van der Waals surface area contributed by atoms with Gasteiger partial charge in [-0.3, -0.25) is 9.69 Å².